The van der Waals surface area contributed by atoms with Crippen molar-refractivity contribution in [3.05, 3.63) is 96.4 Å². The summed E-state index contributed by atoms with van der Waals surface area (Å²) < 4.78 is 55.3. The molecule has 1 N–H and O–H groups in total. The first-order valence-corrected chi connectivity index (χ1v) is 16.5. The largest absolute Gasteiger partial charge is 0.478 e. The van der Waals surface area contributed by atoms with Gasteiger partial charge in [-0.15, -0.1) is 11.3 Å². The van der Waals surface area contributed by atoms with Crippen LogP contribution in [0.2, 0.25) is 10.0 Å². The van der Waals surface area contributed by atoms with Crippen LogP contribution in [-0.2, 0) is 22.1 Å². The molecule has 1 aliphatic heterocycles. The molecule has 1 unspecified atom stereocenters. The Labute approximate surface area is 260 Å². The molecular weight excluding hydrogens is 711 g/mol. The number of hydrogen-bond donors (Lipinski definition) is 1. The van der Waals surface area contributed by atoms with E-state index >= 15 is 0 Å². The Hall–Kier alpha value is -2.18. The summed E-state index contributed by atoms with van der Waals surface area (Å²) in [5.74, 6) is -0.960. The minimum absolute atomic E-state index is 0.0537. The van der Waals surface area contributed by atoms with Crippen LogP contribution in [0, 0.1) is 0 Å². The number of aliphatic carboxylic acids is 1. The monoisotopic (exact) mass is 736 g/mol. The predicted molar refractivity (Wildman–Crippen MR) is 168 cm³/mol. The van der Waals surface area contributed by atoms with Gasteiger partial charge in [0, 0.05) is 9.75 Å². The fraction of sp³-hybridized carbons (Fsp3) is 0.267. The van der Waals surface area contributed by atoms with Crippen LogP contribution in [0.4, 0.5) is 13.2 Å². The van der Waals surface area contributed by atoms with E-state index in [1.807, 2.05) is 12.1 Å². The molecule has 218 valence electrons. The second-order valence-electron chi connectivity index (χ2n) is 9.67. The van der Waals surface area contributed by atoms with E-state index in [2.05, 4.69) is 20.2 Å². The fourth-order valence-corrected chi connectivity index (χ4v) is 7.04. The standard InChI is InChI=1S/C30H26Cl2F3IO4S/c1-29(2,28(37)38)40-23-10-6-20(26(31)27(23)32)5-9-22(39-17-18-13-15-36-16-14-18)25-12-11-24(41-25)19-3-7-21(8-4-19)30(33,34)35/h3-4,6-8,10-16,22H,5,9,17H2,1-2H3,(H,37,38). The maximum absolute atomic E-state index is 13.0. The molecule has 0 fully saturated rings. The summed E-state index contributed by atoms with van der Waals surface area (Å²) in [5.41, 5.74) is 0.327. The summed E-state index contributed by atoms with van der Waals surface area (Å²) >= 11 is 14.4. The minimum Gasteiger partial charge on any atom is -0.478 e. The minimum atomic E-state index is -4.39. The molecule has 0 aliphatic carbocycles. The number of alkyl halides is 3. The maximum atomic E-state index is 13.0. The number of carbonyl (C=O) groups is 1. The third kappa shape index (κ3) is 8.22. The topological polar surface area (TPSA) is 55.8 Å². The predicted octanol–water partition coefficient (Wildman–Crippen LogP) is 9.90. The van der Waals surface area contributed by atoms with Crippen LogP contribution in [0.1, 0.15) is 42.4 Å². The summed E-state index contributed by atoms with van der Waals surface area (Å²) in [6, 6.07) is 12.3. The van der Waals surface area contributed by atoms with Gasteiger partial charge in [-0.25, -0.2) is 4.79 Å². The molecule has 0 saturated heterocycles. The Kier molecular flexibility index (Phi) is 10.4. The Morgan fingerprint density at radius 3 is 2.41 bits per heavy atom. The molecule has 41 heavy (non-hydrogen) atoms. The first kappa shape index (κ1) is 31.7. The van der Waals surface area contributed by atoms with Gasteiger partial charge in [-0.05, 0) is 81.8 Å². The highest BCUT2D eigenvalue weighted by Gasteiger charge is 2.31. The van der Waals surface area contributed by atoms with Crippen molar-refractivity contribution in [2.75, 3.05) is 6.61 Å². The summed E-state index contributed by atoms with van der Waals surface area (Å²) in [6.07, 6.45) is 0.496. The lowest BCUT2D eigenvalue weighted by Crippen LogP contribution is -2.38. The lowest BCUT2D eigenvalue weighted by Gasteiger charge is -2.23. The molecule has 1 atom stereocenters. The molecule has 1 aromatic heterocycles. The molecule has 4 rings (SSSR count). The molecule has 4 nitrogen and oxygen atoms in total. The lowest BCUT2D eigenvalue weighted by molar-refractivity contribution is -0.152. The second-order valence-corrected chi connectivity index (χ2v) is 13.7. The van der Waals surface area contributed by atoms with Crippen molar-refractivity contribution in [2.24, 2.45) is 0 Å². The molecule has 0 amide bonds. The van der Waals surface area contributed by atoms with Crippen LogP contribution >= 0.6 is 55.3 Å². The van der Waals surface area contributed by atoms with Gasteiger partial charge in [-0.3, -0.25) is 0 Å². The number of hydrogen-bond acceptors (Lipinski definition) is 4. The van der Waals surface area contributed by atoms with E-state index in [9.17, 15) is 23.1 Å². The van der Waals surface area contributed by atoms with Gasteiger partial charge in [-0.1, -0.05) is 74.3 Å². The number of aryl methyl sites for hydroxylation is 1. The third-order valence-corrected chi connectivity index (χ3v) is 9.95. The van der Waals surface area contributed by atoms with Gasteiger partial charge in [0.05, 0.1) is 23.3 Å². The number of carboxylic acid groups (broad SMARTS) is 1. The van der Waals surface area contributed by atoms with Crippen LogP contribution in [-0.4, -0.2) is 27.3 Å². The van der Waals surface area contributed by atoms with Crippen molar-refractivity contribution in [3.63, 3.8) is 0 Å². The molecule has 3 aromatic rings. The first-order valence-electron chi connectivity index (χ1n) is 12.4. The second kappa shape index (κ2) is 13.4. The van der Waals surface area contributed by atoms with E-state index < -0.39 is 23.3 Å². The van der Waals surface area contributed by atoms with Gasteiger partial charge in [0.2, 0.25) is 0 Å². The number of ether oxygens (including phenoxy) is 2. The number of allylic oxidation sites excluding steroid dienone is 1. The molecule has 2 heterocycles. The normalized spacial score (nSPS) is 14.4. The van der Waals surface area contributed by atoms with Gasteiger partial charge in [-0.2, -0.15) is 13.2 Å². The van der Waals surface area contributed by atoms with Crippen molar-refractivity contribution < 1.29 is 32.5 Å². The number of rotatable bonds is 11. The zero-order valence-corrected chi connectivity index (χ0v) is 26.5. The molecule has 0 saturated carbocycles. The summed E-state index contributed by atoms with van der Waals surface area (Å²) in [5, 5.41) is 9.77. The van der Waals surface area contributed by atoms with E-state index in [0.717, 1.165) is 33.0 Å². The number of benzene rings is 2. The lowest BCUT2D eigenvalue weighted by atomic mass is 10.0. The van der Waals surface area contributed by atoms with E-state index in [1.165, 1.54) is 37.3 Å². The smallest absolute Gasteiger partial charge is 0.416 e. The number of carboxylic acids is 1. The highest BCUT2D eigenvalue weighted by molar-refractivity contribution is 14.2. The van der Waals surface area contributed by atoms with Gasteiger partial charge in [0.25, 0.3) is 0 Å². The number of thiophene rings is 1. The molecule has 0 radical (unpaired) electrons. The van der Waals surface area contributed by atoms with Crippen LogP contribution in [0.3, 0.4) is 0 Å². The fourth-order valence-electron chi connectivity index (χ4n) is 3.89. The Balaban J connectivity index is 1.54. The molecule has 11 heteroatoms. The summed E-state index contributed by atoms with van der Waals surface area (Å²) in [6.45, 7) is 3.25. The SMILES string of the molecule is CC(C)(Oc1ccc(CCC(OCC2=CC=IC=C2)c2ccc(-c3ccc(C(F)(F)F)cc3)s2)c(Cl)c1Cl)C(=O)O. The quantitative estimate of drug-likeness (QED) is 0.199. The average molecular weight is 737 g/mol. The molecule has 0 bridgehead atoms. The van der Waals surface area contributed by atoms with Crippen molar-refractivity contribution in [1.29, 1.82) is 0 Å². The van der Waals surface area contributed by atoms with Crippen molar-refractivity contribution >= 4 is 65.3 Å². The number of halogens is 6. The van der Waals surface area contributed by atoms with Crippen molar-refractivity contribution in [1.82, 2.24) is 0 Å². The van der Waals surface area contributed by atoms with Crippen LogP contribution in [0.5, 0.6) is 5.75 Å². The Bertz CT molecular complexity index is 1490. The van der Waals surface area contributed by atoms with E-state index in [-0.39, 0.29) is 42.6 Å². The maximum Gasteiger partial charge on any atom is 0.416 e. The van der Waals surface area contributed by atoms with Crippen molar-refractivity contribution in [2.45, 2.75) is 44.6 Å². The molecule has 0 spiro atoms. The van der Waals surface area contributed by atoms with Gasteiger partial charge in [0.1, 0.15) is 10.8 Å². The van der Waals surface area contributed by atoms with E-state index in [1.54, 1.807) is 12.1 Å². The third-order valence-electron chi connectivity index (χ3n) is 6.27. The highest BCUT2D eigenvalue weighted by atomic mass is 127. The molecule has 2 aromatic carbocycles. The van der Waals surface area contributed by atoms with Crippen molar-refractivity contribution in [3.8, 4) is 16.2 Å². The average Bonchev–Trinajstić information content (AvgIpc) is 3.42. The van der Waals surface area contributed by atoms with E-state index in [4.69, 9.17) is 32.7 Å². The summed E-state index contributed by atoms with van der Waals surface area (Å²) in [7, 11) is 0. The Morgan fingerprint density at radius 1 is 1.05 bits per heavy atom. The molecule has 1 aliphatic rings. The zero-order chi connectivity index (χ0) is 29.8. The van der Waals surface area contributed by atoms with E-state index in [0.29, 0.717) is 25.0 Å². The zero-order valence-electron chi connectivity index (χ0n) is 22.0. The Morgan fingerprint density at radius 2 is 1.78 bits per heavy atom. The van der Waals surface area contributed by atoms with Gasteiger partial charge < -0.3 is 14.6 Å². The van der Waals surface area contributed by atoms with Crippen LogP contribution in [0.25, 0.3) is 10.4 Å². The summed E-state index contributed by atoms with van der Waals surface area (Å²) in [4.78, 5) is 13.2. The van der Waals surface area contributed by atoms with Gasteiger partial charge in [0.15, 0.2) is 5.60 Å². The highest BCUT2D eigenvalue weighted by Crippen LogP contribution is 2.40. The van der Waals surface area contributed by atoms with Crippen LogP contribution in [0.15, 0.2) is 70.3 Å². The first-order chi connectivity index (χ1) is 19.3. The van der Waals surface area contributed by atoms with Crippen LogP contribution < -0.4 is 4.74 Å². The molecular formula is C30H26Cl2F3IO4S. The van der Waals surface area contributed by atoms with Gasteiger partial charge >= 0.3 is 12.1 Å².